The van der Waals surface area contributed by atoms with Crippen LogP contribution in [0.2, 0.25) is 0 Å². The number of hydrogen-bond acceptors (Lipinski definition) is 13. The van der Waals surface area contributed by atoms with Crippen molar-refractivity contribution in [2.45, 2.75) is 96.9 Å². The number of nitrogens with one attached hydrogen (secondary N) is 5. The number of aliphatic carboxylic acids is 1. The lowest BCUT2D eigenvalue weighted by atomic mass is 9.87. The van der Waals surface area contributed by atoms with Gasteiger partial charge in [-0.3, -0.25) is 53.0 Å². The van der Waals surface area contributed by atoms with E-state index in [1.165, 1.54) is 0 Å². The van der Waals surface area contributed by atoms with Crippen LogP contribution in [0.1, 0.15) is 72.8 Å². The van der Waals surface area contributed by atoms with E-state index in [1.807, 2.05) is 0 Å². The SMILES string of the molecule is CC(C)(C)OC(=O)CN(C[C@@H](C(=O)NCC(=O)NCC(=O)N[C@@H](Cc1ccccc1)C(=O)NCC(=O)NCOCC1(C(=O)O)CCCC1)N1C(=O)C=CC1=O)C(=O)OC(C)(C)C. The van der Waals surface area contributed by atoms with Gasteiger partial charge in [-0.2, -0.15) is 0 Å². The Labute approximate surface area is 359 Å². The van der Waals surface area contributed by atoms with Gasteiger partial charge in [0.2, 0.25) is 29.5 Å². The fraction of sp³-hybridized carbons (Fsp3) is 0.561. The summed E-state index contributed by atoms with van der Waals surface area (Å²) < 4.78 is 16.1. The number of imide groups is 1. The second-order valence-electron chi connectivity index (χ2n) is 16.8. The van der Waals surface area contributed by atoms with Gasteiger partial charge < -0.3 is 45.9 Å². The van der Waals surface area contributed by atoms with Crippen molar-refractivity contribution in [1.82, 2.24) is 36.4 Å². The van der Waals surface area contributed by atoms with E-state index in [2.05, 4.69) is 26.6 Å². The molecule has 0 aromatic heterocycles. The molecule has 1 aromatic rings. The first-order chi connectivity index (χ1) is 29.0. The predicted molar refractivity (Wildman–Crippen MR) is 217 cm³/mol. The fourth-order valence-electron chi connectivity index (χ4n) is 6.30. The van der Waals surface area contributed by atoms with Gasteiger partial charge in [-0.25, -0.2) is 4.79 Å². The third-order valence-corrected chi connectivity index (χ3v) is 9.23. The van der Waals surface area contributed by atoms with E-state index < -0.39 is 121 Å². The number of carbonyl (C=O) groups is 10. The normalized spacial score (nSPS) is 15.5. The number of carbonyl (C=O) groups excluding carboxylic acids is 9. The summed E-state index contributed by atoms with van der Waals surface area (Å²) in [7, 11) is 0. The second kappa shape index (κ2) is 22.5. The molecule has 340 valence electrons. The average molecular weight is 872 g/mol. The Hall–Kier alpha value is -6.38. The summed E-state index contributed by atoms with van der Waals surface area (Å²) in [6, 6.07) is 5.68. The highest BCUT2D eigenvalue weighted by molar-refractivity contribution is 6.15. The first-order valence-corrected chi connectivity index (χ1v) is 20.0. The zero-order valence-electron chi connectivity index (χ0n) is 35.8. The van der Waals surface area contributed by atoms with Crippen molar-refractivity contribution in [2.75, 3.05) is 46.1 Å². The first kappa shape index (κ1) is 50.0. The number of carboxylic acid groups (broad SMARTS) is 1. The number of rotatable bonds is 21. The number of carboxylic acids is 1. The van der Waals surface area contributed by atoms with Gasteiger partial charge in [-0.15, -0.1) is 0 Å². The van der Waals surface area contributed by atoms with Crippen LogP contribution in [-0.4, -0.2) is 144 Å². The van der Waals surface area contributed by atoms with E-state index in [9.17, 15) is 53.1 Å². The molecule has 21 heteroatoms. The molecule has 0 saturated heterocycles. The summed E-state index contributed by atoms with van der Waals surface area (Å²) in [4.78, 5) is 129. The minimum atomic E-state index is -1.75. The van der Waals surface area contributed by atoms with Gasteiger partial charge in [0.15, 0.2) is 0 Å². The number of benzene rings is 1. The van der Waals surface area contributed by atoms with E-state index in [4.69, 9.17) is 14.2 Å². The van der Waals surface area contributed by atoms with Crippen LogP contribution in [-0.2, 0) is 63.8 Å². The molecule has 1 aliphatic heterocycles. The molecule has 0 radical (unpaired) electrons. The molecule has 1 saturated carbocycles. The van der Waals surface area contributed by atoms with E-state index in [0.717, 1.165) is 29.9 Å². The summed E-state index contributed by atoms with van der Waals surface area (Å²) in [5.74, 6) is -7.77. The molecule has 62 heavy (non-hydrogen) atoms. The lowest BCUT2D eigenvalue weighted by molar-refractivity contribution is -0.157. The van der Waals surface area contributed by atoms with E-state index in [1.54, 1.807) is 71.9 Å². The third kappa shape index (κ3) is 16.6. The topological polar surface area (TPSA) is 285 Å². The minimum absolute atomic E-state index is 0.00282. The second-order valence-corrected chi connectivity index (χ2v) is 16.8. The molecular weight excluding hydrogens is 814 g/mol. The van der Waals surface area contributed by atoms with Crippen molar-refractivity contribution in [2.24, 2.45) is 5.41 Å². The maximum Gasteiger partial charge on any atom is 0.410 e. The Balaban J connectivity index is 1.60. The maximum atomic E-state index is 13.5. The van der Waals surface area contributed by atoms with Gasteiger partial charge in [0, 0.05) is 18.6 Å². The molecule has 21 nitrogen and oxygen atoms in total. The molecule has 1 fully saturated rings. The Bertz CT molecular complexity index is 1850. The Morgan fingerprint density at radius 3 is 1.87 bits per heavy atom. The molecule has 0 unspecified atom stereocenters. The van der Waals surface area contributed by atoms with Crippen molar-refractivity contribution >= 4 is 59.4 Å². The van der Waals surface area contributed by atoms with Crippen LogP contribution in [0.5, 0.6) is 0 Å². The Morgan fingerprint density at radius 2 is 1.31 bits per heavy atom. The Kier molecular flexibility index (Phi) is 18.1. The first-order valence-electron chi connectivity index (χ1n) is 20.0. The van der Waals surface area contributed by atoms with E-state index in [-0.39, 0.29) is 19.8 Å². The molecule has 6 N–H and O–H groups in total. The molecule has 1 aliphatic carbocycles. The van der Waals surface area contributed by atoms with Crippen LogP contribution in [0.15, 0.2) is 42.5 Å². The van der Waals surface area contributed by atoms with Crippen LogP contribution in [0.3, 0.4) is 0 Å². The van der Waals surface area contributed by atoms with Crippen molar-refractivity contribution < 1.29 is 67.3 Å². The smallest absolute Gasteiger partial charge is 0.410 e. The van der Waals surface area contributed by atoms with Gasteiger partial charge in [-0.1, -0.05) is 43.2 Å². The van der Waals surface area contributed by atoms with Crippen molar-refractivity contribution in [3.05, 3.63) is 48.0 Å². The van der Waals surface area contributed by atoms with Crippen LogP contribution in [0, 0.1) is 5.41 Å². The monoisotopic (exact) mass is 871 g/mol. The quantitative estimate of drug-likeness (QED) is 0.0400. The largest absolute Gasteiger partial charge is 0.481 e. The molecule has 8 amide bonds. The van der Waals surface area contributed by atoms with Crippen LogP contribution < -0.4 is 26.6 Å². The van der Waals surface area contributed by atoms with Crippen LogP contribution in [0.25, 0.3) is 0 Å². The highest BCUT2D eigenvalue weighted by Crippen LogP contribution is 2.38. The van der Waals surface area contributed by atoms with Gasteiger partial charge in [0.05, 0.1) is 38.2 Å². The molecule has 3 rings (SSSR count). The van der Waals surface area contributed by atoms with Gasteiger partial charge in [-0.05, 0) is 59.9 Å². The number of ether oxygens (including phenoxy) is 3. The highest BCUT2D eigenvalue weighted by atomic mass is 16.6. The summed E-state index contributed by atoms with van der Waals surface area (Å²) >= 11 is 0. The van der Waals surface area contributed by atoms with E-state index in [0.29, 0.717) is 23.3 Å². The van der Waals surface area contributed by atoms with Gasteiger partial charge >= 0.3 is 18.0 Å². The number of nitrogens with zero attached hydrogens (tertiary/aromatic N) is 2. The molecule has 2 aliphatic rings. The van der Waals surface area contributed by atoms with E-state index >= 15 is 0 Å². The standard InChI is InChI=1S/C41H57N7O14/c1-39(2,3)61-34(54)23-47(38(59)62-40(4,5)6)22-28(48-32(52)14-15-33(48)53)36(56)44-19-29(49)42-21-31(51)46-27(18-26-12-8-7-9-13-26)35(55)43-20-30(50)45-25-60-24-41(37(57)58)16-10-11-17-41/h7-9,12-15,27-28H,10-11,16-25H2,1-6H3,(H,42,49)(H,43,55)(H,44,56)(H,45,50)(H,46,51)(H,57,58)/t27-,28-/m0/s1. The summed E-state index contributed by atoms with van der Waals surface area (Å²) in [5, 5.41) is 21.6. The zero-order valence-corrected chi connectivity index (χ0v) is 35.8. The van der Waals surface area contributed by atoms with Crippen molar-refractivity contribution in [3.8, 4) is 0 Å². The van der Waals surface area contributed by atoms with Gasteiger partial charge in [0.1, 0.15) is 36.6 Å². The van der Waals surface area contributed by atoms with Crippen molar-refractivity contribution in [3.63, 3.8) is 0 Å². The highest BCUT2D eigenvalue weighted by Gasteiger charge is 2.42. The number of esters is 1. The fourth-order valence-corrected chi connectivity index (χ4v) is 6.30. The molecule has 0 bridgehead atoms. The summed E-state index contributed by atoms with van der Waals surface area (Å²) in [6.07, 6.45) is 3.25. The Morgan fingerprint density at radius 1 is 0.758 bits per heavy atom. The molecule has 1 heterocycles. The molecular formula is C41H57N7O14. The third-order valence-electron chi connectivity index (χ3n) is 9.23. The molecule has 1 aromatic carbocycles. The molecule has 0 spiro atoms. The molecule has 2 atom stereocenters. The minimum Gasteiger partial charge on any atom is -0.481 e. The predicted octanol–water partition coefficient (Wildman–Crippen LogP) is -0.330. The maximum absolute atomic E-state index is 13.5. The van der Waals surface area contributed by atoms with Gasteiger partial charge in [0.25, 0.3) is 11.8 Å². The zero-order chi connectivity index (χ0) is 46.3. The lowest BCUT2D eigenvalue weighted by Gasteiger charge is -2.32. The number of hydrogen-bond donors (Lipinski definition) is 6. The summed E-state index contributed by atoms with van der Waals surface area (Å²) in [5.41, 5.74) is -2.33. The lowest BCUT2D eigenvalue weighted by Crippen LogP contribution is -2.57. The van der Waals surface area contributed by atoms with Crippen molar-refractivity contribution in [1.29, 1.82) is 0 Å². The number of amides is 8. The van der Waals surface area contributed by atoms with Crippen LogP contribution in [0.4, 0.5) is 4.79 Å². The average Bonchev–Trinajstić information content (AvgIpc) is 3.80. The van der Waals surface area contributed by atoms with Crippen LogP contribution >= 0.6 is 0 Å². The summed E-state index contributed by atoms with van der Waals surface area (Å²) in [6.45, 7) is 5.76.